The fourth-order valence-electron chi connectivity index (χ4n) is 2.27. The van der Waals surface area contributed by atoms with Crippen LogP contribution >= 0.6 is 0 Å². The fourth-order valence-corrected chi connectivity index (χ4v) is 2.27. The van der Waals surface area contributed by atoms with Crippen LogP contribution in [-0.4, -0.2) is 16.6 Å². The van der Waals surface area contributed by atoms with Crippen molar-refractivity contribution in [2.24, 2.45) is 0 Å². The van der Waals surface area contributed by atoms with E-state index in [9.17, 15) is 0 Å². The van der Waals surface area contributed by atoms with Gasteiger partial charge in [0.25, 0.3) is 0 Å². The first-order valence-corrected chi connectivity index (χ1v) is 6.34. The molecule has 1 N–H and O–H groups in total. The van der Waals surface area contributed by atoms with Crippen molar-refractivity contribution in [3.63, 3.8) is 0 Å². The van der Waals surface area contributed by atoms with E-state index in [1.165, 1.54) is 16.7 Å². The molecule has 0 aliphatic carbocycles. The molecule has 0 aliphatic rings. The molecule has 0 saturated carbocycles. The number of aromatic nitrogens is 2. The monoisotopic (exact) mass is 243 g/mol. The Kier molecular flexibility index (Phi) is 3.82. The number of nitrogens with zero attached hydrogens (tertiary/aromatic N) is 2. The largest absolute Gasteiger partial charge is 0.333 e. The van der Waals surface area contributed by atoms with Gasteiger partial charge in [-0.2, -0.15) is 0 Å². The molecule has 0 bridgehead atoms. The summed E-state index contributed by atoms with van der Waals surface area (Å²) in [6.45, 7) is 7.25. The smallest absolute Gasteiger partial charge is 0.105 e. The van der Waals surface area contributed by atoms with Gasteiger partial charge in [0.15, 0.2) is 0 Å². The maximum atomic E-state index is 4.27. The molecule has 2 aromatic rings. The summed E-state index contributed by atoms with van der Waals surface area (Å²) in [6.07, 6.45) is 3.88. The van der Waals surface area contributed by atoms with E-state index in [0.717, 1.165) is 12.4 Å². The molecule has 1 aromatic carbocycles. The van der Waals surface area contributed by atoms with Crippen molar-refractivity contribution >= 4 is 0 Å². The minimum atomic E-state index is 0.317. The average molecular weight is 243 g/mol. The van der Waals surface area contributed by atoms with Gasteiger partial charge in [0.2, 0.25) is 0 Å². The molecule has 3 heteroatoms. The molecule has 0 fully saturated rings. The number of rotatable bonds is 4. The molecule has 2 rings (SSSR count). The van der Waals surface area contributed by atoms with Crippen molar-refractivity contribution in [1.29, 1.82) is 0 Å². The van der Waals surface area contributed by atoms with Crippen LogP contribution in [0.5, 0.6) is 0 Å². The molecular formula is C15H21N3. The molecular weight excluding hydrogens is 222 g/mol. The topological polar surface area (TPSA) is 29.9 Å². The van der Waals surface area contributed by atoms with Crippen LogP contribution in [-0.2, 0) is 6.54 Å². The van der Waals surface area contributed by atoms with E-state index >= 15 is 0 Å². The van der Waals surface area contributed by atoms with Crippen LogP contribution in [0.4, 0.5) is 0 Å². The molecule has 96 valence electrons. The van der Waals surface area contributed by atoms with Crippen LogP contribution in [0.15, 0.2) is 30.6 Å². The highest BCUT2D eigenvalue weighted by Gasteiger charge is 2.13. The van der Waals surface area contributed by atoms with E-state index < -0.39 is 0 Å². The summed E-state index contributed by atoms with van der Waals surface area (Å²) >= 11 is 0. The van der Waals surface area contributed by atoms with Gasteiger partial charge in [-0.05, 0) is 38.9 Å². The minimum Gasteiger partial charge on any atom is -0.333 e. The van der Waals surface area contributed by atoms with E-state index in [2.05, 4.69) is 46.9 Å². The first-order valence-electron chi connectivity index (χ1n) is 6.34. The summed E-state index contributed by atoms with van der Waals surface area (Å²) in [5.74, 6) is 1.06. The van der Waals surface area contributed by atoms with Crippen LogP contribution in [0.1, 0.15) is 28.6 Å². The number of nitrogens with one attached hydrogen (secondary N) is 1. The highest BCUT2D eigenvalue weighted by Crippen LogP contribution is 2.21. The lowest BCUT2D eigenvalue weighted by atomic mass is 9.99. The van der Waals surface area contributed by atoms with Crippen molar-refractivity contribution in [3.8, 4) is 0 Å². The van der Waals surface area contributed by atoms with Crippen LogP contribution in [0.3, 0.4) is 0 Å². The second kappa shape index (κ2) is 5.36. The maximum absolute atomic E-state index is 4.27. The number of hydrogen-bond donors (Lipinski definition) is 1. The van der Waals surface area contributed by atoms with E-state index in [4.69, 9.17) is 0 Å². The third kappa shape index (κ3) is 2.62. The number of imidazole rings is 1. The van der Waals surface area contributed by atoms with Crippen LogP contribution in [0.25, 0.3) is 0 Å². The maximum Gasteiger partial charge on any atom is 0.105 e. The normalized spacial score (nSPS) is 12.7. The first-order chi connectivity index (χ1) is 8.61. The quantitative estimate of drug-likeness (QED) is 0.895. The standard InChI is InChI=1S/C15H21N3/c1-11-5-6-12(2)14(9-11)15(16-4)10-18-8-7-17-13(18)3/h5-9,15-16H,10H2,1-4H3. The zero-order valence-electron chi connectivity index (χ0n) is 11.6. The zero-order chi connectivity index (χ0) is 13.1. The summed E-state index contributed by atoms with van der Waals surface area (Å²) in [5.41, 5.74) is 4.00. The Morgan fingerprint density at radius 1 is 1.28 bits per heavy atom. The van der Waals surface area contributed by atoms with Gasteiger partial charge in [0.05, 0.1) is 6.04 Å². The Morgan fingerprint density at radius 3 is 2.67 bits per heavy atom. The zero-order valence-corrected chi connectivity index (χ0v) is 11.6. The average Bonchev–Trinajstić information content (AvgIpc) is 2.75. The van der Waals surface area contributed by atoms with Crippen molar-refractivity contribution in [3.05, 3.63) is 53.1 Å². The van der Waals surface area contributed by atoms with Gasteiger partial charge in [0.1, 0.15) is 5.82 Å². The lowest BCUT2D eigenvalue weighted by Gasteiger charge is -2.20. The number of benzene rings is 1. The predicted molar refractivity (Wildman–Crippen MR) is 74.7 cm³/mol. The molecule has 0 amide bonds. The molecule has 18 heavy (non-hydrogen) atoms. The third-order valence-corrected chi connectivity index (χ3v) is 3.46. The van der Waals surface area contributed by atoms with Crippen molar-refractivity contribution < 1.29 is 0 Å². The van der Waals surface area contributed by atoms with Crippen LogP contribution in [0.2, 0.25) is 0 Å². The van der Waals surface area contributed by atoms with Gasteiger partial charge in [-0.3, -0.25) is 0 Å². The van der Waals surface area contributed by atoms with E-state index in [-0.39, 0.29) is 0 Å². The van der Waals surface area contributed by atoms with Gasteiger partial charge < -0.3 is 9.88 Å². The Labute approximate surface area is 109 Å². The van der Waals surface area contributed by atoms with Crippen molar-refractivity contribution in [2.45, 2.75) is 33.4 Å². The molecule has 1 atom stereocenters. The van der Waals surface area contributed by atoms with Gasteiger partial charge in [0, 0.05) is 18.9 Å². The summed E-state index contributed by atoms with van der Waals surface area (Å²) in [5, 5.41) is 3.40. The molecule has 0 saturated heterocycles. The molecule has 0 spiro atoms. The molecule has 3 nitrogen and oxygen atoms in total. The molecule has 1 heterocycles. The van der Waals surface area contributed by atoms with Gasteiger partial charge in [-0.1, -0.05) is 23.8 Å². The Bertz CT molecular complexity index is 528. The van der Waals surface area contributed by atoms with Crippen LogP contribution < -0.4 is 5.32 Å². The lowest BCUT2D eigenvalue weighted by molar-refractivity contribution is 0.491. The van der Waals surface area contributed by atoms with E-state index in [0.29, 0.717) is 6.04 Å². The Morgan fingerprint density at radius 2 is 2.06 bits per heavy atom. The molecule has 0 radical (unpaired) electrons. The van der Waals surface area contributed by atoms with Crippen LogP contribution in [0, 0.1) is 20.8 Å². The second-order valence-electron chi connectivity index (χ2n) is 4.83. The van der Waals surface area contributed by atoms with E-state index in [1.54, 1.807) is 0 Å². The Balaban J connectivity index is 2.28. The highest BCUT2D eigenvalue weighted by molar-refractivity contribution is 5.33. The van der Waals surface area contributed by atoms with Gasteiger partial charge >= 0.3 is 0 Å². The summed E-state index contributed by atoms with van der Waals surface area (Å²) in [6, 6.07) is 6.94. The lowest BCUT2D eigenvalue weighted by Crippen LogP contribution is -2.23. The number of hydrogen-bond acceptors (Lipinski definition) is 2. The first kappa shape index (κ1) is 12.8. The molecule has 0 aliphatic heterocycles. The number of likely N-dealkylation sites (N-methyl/N-ethyl adjacent to an activating group) is 1. The summed E-state index contributed by atoms with van der Waals surface area (Å²) in [7, 11) is 2.01. The summed E-state index contributed by atoms with van der Waals surface area (Å²) in [4.78, 5) is 4.27. The van der Waals surface area contributed by atoms with Gasteiger partial charge in [-0.25, -0.2) is 4.98 Å². The molecule has 1 unspecified atom stereocenters. The second-order valence-corrected chi connectivity index (χ2v) is 4.83. The number of aryl methyl sites for hydroxylation is 3. The Hall–Kier alpha value is -1.61. The molecule has 1 aromatic heterocycles. The SMILES string of the molecule is CNC(Cn1ccnc1C)c1cc(C)ccc1C. The third-order valence-electron chi connectivity index (χ3n) is 3.46. The predicted octanol–water partition coefficient (Wildman–Crippen LogP) is 2.77. The minimum absolute atomic E-state index is 0.317. The van der Waals surface area contributed by atoms with E-state index in [1.807, 2.05) is 26.4 Å². The fraction of sp³-hybridized carbons (Fsp3) is 0.400. The van der Waals surface area contributed by atoms with Crippen molar-refractivity contribution in [1.82, 2.24) is 14.9 Å². The van der Waals surface area contributed by atoms with Crippen molar-refractivity contribution in [2.75, 3.05) is 7.05 Å². The highest BCUT2D eigenvalue weighted by atomic mass is 15.1. The van der Waals surface area contributed by atoms with Gasteiger partial charge in [-0.15, -0.1) is 0 Å². The summed E-state index contributed by atoms with van der Waals surface area (Å²) < 4.78 is 2.18.